The molecule has 5 nitrogen and oxygen atoms in total. The SMILES string of the molecule is Cc1cc(NC(=O)CN2c3ccc(C(C)C)cc3-c3ccccc3S2(=O)=O)ccc1Br. The molecule has 0 atom stereocenters. The Hall–Kier alpha value is -2.64. The van der Waals surface area contributed by atoms with Crippen LogP contribution in [0.5, 0.6) is 0 Å². The summed E-state index contributed by atoms with van der Waals surface area (Å²) in [5.74, 6) is -0.100. The minimum absolute atomic E-state index is 0.218. The lowest BCUT2D eigenvalue weighted by Gasteiger charge is -2.32. The van der Waals surface area contributed by atoms with E-state index in [1.54, 1.807) is 24.3 Å². The Labute approximate surface area is 191 Å². The Morgan fingerprint density at radius 1 is 1.03 bits per heavy atom. The molecule has 0 bridgehead atoms. The van der Waals surface area contributed by atoms with Crippen LogP contribution in [-0.4, -0.2) is 20.9 Å². The molecule has 0 saturated heterocycles. The number of benzene rings is 3. The fraction of sp³-hybridized carbons (Fsp3) is 0.208. The molecule has 4 rings (SSSR count). The molecule has 7 heteroatoms. The molecular formula is C24H23BrN2O3S. The molecule has 31 heavy (non-hydrogen) atoms. The van der Waals surface area contributed by atoms with Crippen LogP contribution in [0.4, 0.5) is 11.4 Å². The number of hydrogen-bond acceptors (Lipinski definition) is 3. The molecule has 1 heterocycles. The Bertz CT molecular complexity index is 1290. The summed E-state index contributed by atoms with van der Waals surface area (Å²) in [7, 11) is -3.87. The van der Waals surface area contributed by atoms with Crippen molar-refractivity contribution >= 4 is 43.2 Å². The number of fused-ring (bicyclic) bond motifs is 3. The van der Waals surface area contributed by atoms with Crippen LogP contribution in [0.3, 0.4) is 0 Å². The molecule has 1 aliphatic heterocycles. The van der Waals surface area contributed by atoms with E-state index in [4.69, 9.17) is 0 Å². The van der Waals surface area contributed by atoms with Crippen LogP contribution in [0.2, 0.25) is 0 Å². The van der Waals surface area contributed by atoms with E-state index in [1.165, 1.54) is 4.31 Å². The second-order valence-corrected chi connectivity index (χ2v) is 10.6. The molecule has 160 valence electrons. The Morgan fingerprint density at radius 2 is 1.77 bits per heavy atom. The van der Waals surface area contributed by atoms with Crippen molar-refractivity contribution in [1.82, 2.24) is 0 Å². The number of amides is 1. The third-order valence-electron chi connectivity index (χ3n) is 5.43. The van der Waals surface area contributed by atoms with E-state index in [1.807, 2.05) is 43.3 Å². The lowest BCUT2D eigenvalue weighted by molar-refractivity contribution is -0.114. The summed E-state index contributed by atoms with van der Waals surface area (Å²) in [6.07, 6.45) is 0. The number of rotatable bonds is 4. The van der Waals surface area contributed by atoms with Crippen molar-refractivity contribution < 1.29 is 13.2 Å². The van der Waals surface area contributed by atoms with Gasteiger partial charge in [-0.3, -0.25) is 9.10 Å². The molecule has 1 N–H and O–H groups in total. The number of nitrogens with one attached hydrogen (secondary N) is 1. The third kappa shape index (κ3) is 4.00. The monoisotopic (exact) mass is 498 g/mol. The highest BCUT2D eigenvalue weighted by atomic mass is 79.9. The fourth-order valence-electron chi connectivity index (χ4n) is 3.73. The molecule has 0 aliphatic carbocycles. The van der Waals surface area contributed by atoms with E-state index >= 15 is 0 Å². The van der Waals surface area contributed by atoms with Gasteiger partial charge in [-0.2, -0.15) is 0 Å². The highest BCUT2D eigenvalue weighted by molar-refractivity contribution is 9.10. The van der Waals surface area contributed by atoms with Gasteiger partial charge in [0.2, 0.25) is 5.91 Å². The Kier molecular flexibility index (Phi) is 5.66. The summed E-state index contributed by atoms with van der Waals surface area (Å²) in [5, 5.41) is 2.81. The van der Waals surface area contributed by atoms with Gasteiger partial charge in [0, 0.05) is 21.3 Å². The van der Waals surface area contributed by atoms with Gasteiger partial charge < -0.3 is 5.32 Å². The van der Waals surface area contributed by atoms with E-state index in [9.17, 15) is 13.2 Å². The van der Waals surface area contributed by atoms with Crippen LogP contribution in [0.15, 0.2) is 70.0 Å². The van der Waals surface area contributed by atoms with Gasteiger partial charge in [0.25, 0.3) is 10.0 Å². The first-order valence-electron chi connectivity index (χ1n) is 10.0. The average Bonchev–Trinajstić information content (AvgIpc) is 2.73. The van der Waals surface area contributed by atoms with Crippen LogP contribution >= 0.6 is 15.9 Å². The van der Waals surface area contributed by atoms with Gasteiger partial charge in [-0.1, -0.05) is 54.0 Å². The standard InChI is InChI=1S/C24H23BrN2O3S/c1-15(2)17-8-11-22-20(13-17)19-6-4-5-7-23(19)31(29,30)27(22)14-24(28)26-18-9-10-21(25)16(3)12-18/h4-13,15H,14H2,1-3H3,(H,26,28). The summed E-state index contributed by atoms with van der Waals surface area (Å²) in [6.45, 7) is 5.81. The Balaban J connectivity index is 1.74. The van der Waals surface area contributed by atoms with Crippen LogP contribution in [-0.2, 0) is 14.8 Å². The van der Waals surface area contributed by atoms with E-state index in [2.05, 4.69) is 35.1 Å². The highest BCUT2D eigenvalue weighted by Gasteiger charge is 2.36. The third-order valence-corrected chi connectivity index (χ3v) is 8.14. The number of aryl methyl sites for hydroxylation is 1. The van der Waals surface area contributed by atoms with Crippen molar-refractivity contribution in [2.75, 3.05) is 16.2 Å². The summed E-state index contributed by atoms with van der Waals surface area (Å²) >= 11 is 3.44. The smallest absolute Gasteiger partial charge is 0.265 e. The molecule has 3 aromatic carbocycles. The molecule has 0 fully saturated rings. The molecule has 1 amide bonds. The zero-order chi connectivity index (χ0) is 22.3. The zero-order valence-electron chi connectivity index (χ0n) is 17.5. The van der Waals surface area contributed by atoms with E-state index < -0.39 is 15.9 Å². The molecule has 0 saturated carbocycles. The topological polar surface area (TPSA) is 66.5 Å². The van der Waals surface area contributed by atoms with Crippen LogP contribution in [0.25, 0.3) is 11.1 Å². The lowest BCUT2D eigenvalue weighted by atomic mass is 9.95. The lowest BCUT2D eigenvalue weighted by Crippen LogP contribution is -2.40. The van der Waals surface area contributed by atoms with Crippen molar-refractivity contribution in [2.45, 2.75) is 31.6 Å². The minimum atomic E-state index is -3.87. The molecule has 3 aromatic rings. The van der Waals surface area contributed by atoms with Gasteiger partial charge in [-0.15, -0.1) is 0 Å². The van der Waals surface area contributed by atoms with Crippen molar-refractivity contribution in [3.63, 3.8) is 0 Å². The van der Waals surface area contributed by atoms with Crippen LogP contribution in [0.1, 0.15) is 30.9 Å². The van der Waals surface area contributed by atoms with Gasteiger partial charge in [0.1, 0.15) is 6.54 Å². The van der Waals surface area contributed by atoms with Crippen molar-refractivity contribution in [2.24, 2.45) is 0 Å². The normalized spacial score (nSPS) is 14.2. The number of halogens is 1. The maximum Gasteiger partial charge on any atom is 0.265 e. The fourth-order valence-corrected chi connectivity index (χ4v) is 5.63. The maximum absolute atomic E-state index is 13.4. The van der Waals surface area contributed by atoms with Gasteiger partial charge in [0.05, 0.1) is 10.6 Å². The number of sulfonamides is 1. The molecule has 0 unspecified atom stereocenters. The van der Waals surface area contributed by atoms with Gasteiger partial charge >= 0.3 is 0 Å². The van der Waals surface area contributed by atoms with Crippen LogP contribution < -0.4 is 9.62 Å². The first-order chi connectivity index (χ1) is 14.7. The summed E-state index contributed by atoms with van der Waals surface area (Å²) in [6, 6.07) is 18.2. The Morgan fingerprint density at radius 3 is 2.48 bits per heavy atom. The summed E-state index contributed by atoms with van der Waals surface area (Å²) in [5.41, 5.74) is 4.72. The largest absolute Gasteiger partial charge is 0.325 e. The number of hydrogen-bond donors (Lipinski definition) is 1. The summed E-state index contributed by atoms with van der Waals surface area (Å²) in [4.78, 5) is 13.1. The second kappa shape index (κ2) is 8.13. The molecule has 0 radical (unpaired) electrons. The predicted molar refractivity (Wildman–Crippen MR) is 128 cm³/mol. The highest BCUT2D eigenvalue weighted by Crippen LogP contribution is 2.43. The first-order valence-corrected chi connectivity index (χ1v) is 12.2. The number of nitrogens with zero attached hydrogens (tertiary/aromatic N) is 1. The number of carbonyl (C=O) groups excluding carboxylic acids is 1. The molecular weight excluding hydrogens is 476 g/mol. The zero-order valence-corrected chi connectivity index (χ0v) is 19.9. The van der Waals surface area contributed by atoms with Gasteiger partial charge in [0.15, 0.2) is 0 Å². The van der Waals surface area contributed by atoms with Crippen LogP contribution in [0, 0.1) is 6.92 Å². The van der Waals surface area contributed by atoms with Gasteiger partial charge in [-0.25, -0.2) is 8.42 Å². The van der Waals surface area contributed by atoms with E-state index in [-0.39, 0.29) is 11.4 Å². The minimum Gasteiger partial charge on any atom is -0.325 e. The first kappa shape index (κ1) is 21.6. The van der Waals surface area contributed by atoms with Crippen molar-refractivity contribution in [1.29, 1.82) is 0 Å². The van der Waals surface area contributed by atoms with E-state index in [0.717, 1.165) is 21.2 Å². The van der Waals surface area contributed by atoms with Crippen molar-refractivity contribution in [3.05, 3.63) is 76.3 Å². The quantitative estimate of drug-likeness (QED) is 0.501. The van der Waals surface area contributed by atoms with Crippen molar-refractivity contribution in [3.8, 4) is 11.1 Å². The number of carbonyl (C=O) groups is 1. The number of anilines is 2. The maximum atomic E-state index is 13.4. The average molecular weight is 499 g/mol. The molecule has 1 aliphatic rings. The summed E-state index contributed by atoms with van der Waals surface area (Å²) < 4.78 is 29.0. The second-order valence-electron chi connectivity index (χ2n) is 7.95. The molecule has 0 aromatic heterocycles. The van der Waals surface area contributed by atoms with E-state index in [0.29, 0.717) is 22.9 Å². The predicted octanol–water partition coefficient (Wildman–Crippen LogP) is 5.70. The molecule has 0 spiro atoms. The van der Waals surface area contributed by atoms with Gasteiger partial charge in [-0.05, 0) is 60.4 Å².